The maximum absolute atomic E-state index is 13.3. The summed E-state index contributed by atoms with van der Waals surface area (Å²) in [6.45, 7) is 4.44. The first-order chi connectivity index (χ1) is 17.9. The van der Waals surface area contributed by atoms with Crippen LogP contribution in [0.25, 0.3) is 16.7 Å². The molecule has 2 aromatic heterocycles. The summed E-state index contributed by atoms with van der Waals surface area (Å²) in [6, 6.07) is 12.9. The molecule has 0 spiro atoms. The third-order valence-corrected chi connectivity index (χ3v) is 7.53. The van der Waals surface area contributed by atoms with Crippen LogP contribution in [0.3, 0.4) is 0 Å². The van der Waals surface area contributed by atoms with Gasteiger partial charge in [-0.25, -0.2) is 0 Å². The molecule has 0 atom stereocenters. The minimum absolute atomic E-state index is 0.116. The molecule has 1 aliphatic rings. The average molecular weight is 519 g/mol. The van der Waals surface area contributed by atoms with Crippen LogP contribution in [-0.4, -0.2) is 42.8 Å². The minimum atomic E-state index is -0.173. The highest BCUT2D eigenvalue weighted by Gasteiger charge is 2.21. The van der Waals surface area contributed by atoms with E-state index in [0.29, 0.717) is 33.9 Å². The Labute approximate surface area is 218 Å². The molecule has 0 unspecified atom stereocenters. The van der Waals surface area contributed by atoms with E-state index in [0.717, 1.165) is 43.4 Å². The van der Waals surface area contributed by atoms with Gasteiger partial charge in [0.15, 0.2) is 5.16 Å². The maximum atomic E-state index is 13.3. The third kappa shape index (κ3) is 5.24. The number of fused-ring (bicyclic) bond motifs is 3. The molecule has 192 valence electrons. The normalized spacial score (nSPS) is 13.9. The number of carbonyl (C=O) groups is 2. The molecule has 10 heteroatoms. The molecular formula is C27H30N6O3S. The van der Waals surface area contributed by atoms with Gasteiger partial charge in [0.25, 0.3) is 11.5 Å². The van der Waals surface area contributed by atoms with Crippen molar-refractivity contribution in [2.24, 2.45) is 0 Å². The minimum Gasteiger partial charge on any atom is -0.349 e. The van der Waals surface area contributed by atoms with Crippen molar-refractivity contribution < 1.29 is 9.59 Å². The SMILES string of the molecule is CCCn1c(=O)c2ccc(C(=O)NC3CCCC3)cc2n2c(SCC(=O)Nc3cccc(C)c3)nnc12. The van der Waals surface area contributed by atoms with Crippen molar-refractivity contribution in [1.82, 2.24) is 24.5 Å². The van der Waals surface area contributed by atoms with Crippen LogP contribution in [-0.2, 0) is 11.3 Å². The van der Waals surface area contributed by atoms with E-state index in [1.165, 1.54) is 11.8 Å². The first kappa shape index (κ1) is 25.0. The fraction of sp³-hybridized carbons (Fsp3) is 0.370. The van der Waals surface area contributed by atoms with E-state index in [9.17, 15) is 14.4 Å². The highest BCUT2D eigenvalue weighted by atomic mass is 32.2. The van der Waals surface area contributed by atoms with Gasteiger partial charge in [-0.2, -0.15) is 0 Å². The number of hydrogen-bond donors (Lipinski definition) is 2. The molecule has 1 aliphatic carbocycles. The molecule has 2 N–H and O–H groups in total. The van der Waals surface area contributed by atoms with Crippen LogP contribution in [0.4, 0.5) is 5.69 Å². The molecule has 1 saturated carbocycles. The Morgan fingerprint density at radius 2 is 1.92 bits per heavy atom. The smallest absolute Gasteiger partial charge is 0.262 e. The summed E-state index contributed by atoms with van der Waals surface area (Å²) >= 11 is 1.24. The lowest BCUT2D eigenvalue weighted by atomic mass is 10.1. The van der Waals surface area contributed by atoms with Gasteiger partial charge in [0.1, 0.15) is 0 Å². The molecule has 37 heavy (non-hydrogen) atoms. The second-order valence-electron chi connectivity index (χ2n) is 9.47. The monoisotopic (exact) mass is 518 g/mol. The van der Waals surface area contributed by atoms with Crippen molar-refractivity contribution >= 4 is 45.9 Å². The van der Waals surface area contributed by atoms with Crippen LogP contribution >= 0.6 is 11.8 Å². The summed E-state index contributed by atoms with van der Waals surface area (Å²) in [5.74, 6) is 0.189. The molecule has 0 saturated heterocycles. The van der Waals surface area contributed by atoms with E-state index in [1.54, 1.807) is 27.2 Å². The van der Waals surface area contributed by atoms with Crippen LogP contribution in [0.5, 0.6) is 0 Å². The van der Waals surface area contributed by atoms with Crippen LogP contribution in [0.1, 0.15) is 54.9 Å². The number of nitrogens with zero attached hydrogens (tertiary/aromatic N) is 4. The second kappa shape index (κ2) is 10.8. The zero-order valence-corrected chi connectivity index (χ0v) is 21.8. The van der Waals surface area contributed by atoms with Crippen LogP contribution in [0.2, 0.25) is 0 Å². The molecule has 0 aliphatic heterocycles. The van der Waals surface area contributed by atoms with E-state index in [1.807, 2.05) is 38.1 Å². The highest BCUT2D eigenvalue weighted by molar-refractivity contribution is 7.99. The molecule has 2 aromatic carbocycles. The number of nitrogens with one attached hydrogen (secondary N) is 2. The number of aromatic nitrogens is 4. The number of rotatable bonds is 8. The number of aryl methyl sites for hydroxylation is 2. The molecule has 5 rings (SSSR count). The third-order valence-electron chi connectivity index (χ3n) is 6.61. The largest absolute Gasteiger partial charge is 0.349 e. The summed E-state index contributed by atoms with van der Waals surface area (Å²) in [4.78, 5) is 38.9. The summed E-state index contributed by atoms with van der Waals surface area (Å²) in [7, 11) is 0. The molecule has 4 aromatic rings. The van der Waals surface area contributed by atoms with Crippen LogP contribution < -0.4 is 16.2 Å². The maximum Gasteiger partial charge on any atom is 0.262 e. The van der Waals surface area contributed by atoms with Gasteiger partial charge in [-0.3, -0.25) is 23.4 Å². The van der Waals surface area contributed by atoms with Gasteiger partial charge in [-0.15, -0.1) is 10.2 Å². The summed E-state index contributed by atoms with van der Waals surface area (Å²) in [5.41, 5.74) is 2.65. The van der Waals surface area contributed by atoms with Gasteiger partial charge in [0.05, 0.1) is 16.7 Å². The van der Waals surface area contributed by atoms with Crippen LogP contribution in [0.15, 0.2) is 52.4 Å². The van der Waals surface area contributed by atoms with Gasteiger partial charge < -0.3 is 10.6 Å². The lowest BCUT2D eigenvalue weighted by molar-refractivity contribution is -0.113. The van der Waals surface area contributed by atoms with Gasteiger partial charge >= 0.3 is 0 Å². The predicted molar refractivity (Wildman–Crippen MR) is 145 cm³/mol. The summed E-state index contributed by atoms with van der Waals surface area (Å²) < 4.78 is 3.38. The lowest BCUT2D eigenvalue weighted by Gasteiger charge is -2.14. The van der Waals surface area contributed by atoms with E-state index in [4.69, 9.17) is 0 Å². The van der Waals surface area contributed by atoms with Crippen molar-refractivity contribution in [2.45, 2.75) is 63.7 Å². The number of anilines is 1. The number of hydrogen-bond acceptors (Lipinski definition) is 6. The standard InChI is InChI=1S/C27H30N6O3S/c1-3-13-32-25(36)21-12-11-18(24(35)29-19-8-4-5-9-19)15-22(21)33-26(32)30-31-27(33)37-16-23(34)28-20-10-6-7-17(2)14-20/h6-7,10-12,14-15,19H,3-5,8-9,13,16H2,1-2H3,(H,28,34)(H,29,35). The Bertz CT molecular complexity index is 1540. The van der Waals surface area contributed by atoms with Crippen molar-refractivity contribution in [3.05, 3.63) is 63.9 Å². The predicted octanol–water partition coefficient (Wildman–Crippen LogP) is 4.17. The molecule has 9 nitrogen and oxygen atoms in total. The van der Waals surface area contributed by atoms with Crippen LogP contribution in [0, 0.1) is 6.92 Å². The Kier molecular flexibility index (Phi) is 7.27. The first-order valence-corrected chi connectivity index (χ1v) is 13.6. The van der Waals surface area contributed by atoms with Crippen molar-refractivity contribution in [3.8, 4) is 0 Å². The quantitative estimate of drug-likeness (QED) is 0.339. The Morgan fingerprint density at radius 3 is 2.68 bits per heavy atom. The van der Waals surface area contributed by atoms with Crippen molar-refractivity contribution in [3.63, 3.8) is 0 Å². The van der Waals surface area contributed by atoms with E-state index in [-0.39, 0.29) is 29.2 Å². The fourth-order valence-electron chi connectivity index (χ4n) is 4.83. The number of amides is 2. The lowest BCUT2D eigenvalue weighted by Crippen LogP contribution is -2.32. The summed E-state index contributed by atoms with van der Waals surface area (Å²) in [6.07, 6.45) is 4.97. The van der Waals surface area contributed by atoms with Gasteiger partial charge in [-0.1, -0.05) is 43.7 Å². The Balaban J connectivity index is 1.49. The Morgan fingerprint density at radius 1 is 1.11 bits per heavy atom. The first-order valence-electron chi connectivity index (χ1n) is 12.7. The average Bonchev–Trinajstić information content (AvgIpc) is 3.55. The molecule has 0 bridgehead atoms. The zero-order valence-electron chi connectivity index (χ0n) is 21.0. The molecule has 0 radical (unpaired) electrons. The van der Waals surface area contributed by atoms with Crippen molar-refractivity contribution in [2.75, 3.05) is 11.1 Å². The molecule has 2 heterocycles. The number of thioether (sulfide) groups is 1. The fourth-order valence-corrected chi connectivity index (χ4v) is 5.57. The highest BCUT2D eigenvalue weighted by Crippen LogP contribution is 2.24. The zero-order chi connectivity index (χ0) is 25.9. The van der Waals surface area contributed by atoms with Gasteiger partial charge in [0, 0.05) is 23.8 Å². The summed E-state index contributed by atoms with van der Waals surface area (Å²) in [5, 5.41) is 15.6. The second-order valence-corrected chi connectivity index (χ2v) is 10.4. The van der Waals surface area contributed by atoms with Gasteiger partial charge in [0.2, 0.25) is 11.7 Å². The number of benzene rings is 2. The van der Waals surface area contributed by atoms with Crippen molar-refractivity contribution in [1.29, 1.82) is 0 Å². The Hall–Kier alpha value is -3.66. The van der Waals surface area contributed by atoms with Gasteiger partial charge in [-0.05, 0) is 62.1 Å². The molecular weight excluding hydrogens is 488 g/mol. The molecule has 2 amide bonds. The van der Waals surface area contributed by atoms with E-state index >= 15 is 0 Å². The number of carbonyl (C=O) groups excluding carboxylic acids is 2. The van der Waals surface area contributed by atoms with E-state index < -0.39 is 0 Å². The molecule has 1 fully saturated rings. The topological polar surface area (TPSA) is 110 Å². The van der Waals surface area contributed by atoms with E-state index in [2.05, 4.69) is 20.8 Å².